The molecule has 21 heavy (non-hydrogen) atoms. The largest absolute Gasteiger partial charge is 0.484 e. The van der Waals surface area contributed by atoms with E-state index in [-0.39, 0.29) is 31.2 Å². The van der Waals surface area contributed by atoms with Crippen molar-refractivity contribution in [3.63, 3.8) is 0 Å². The van der Waals surface area contributed by atoms with Crippen LogP contribution >= 0.6 is 0 Å². The van der Waals surface area contributed by atoms with Gasteiger partial charge in [-0.1, -0.05) is 24.3 Å². The summed E-state index contributed by atoms with van der Waals surface area (Å²) >= 11 is 0. The molecule has 1 amide bonds. The minimum Gasteiger partial charge on any atom is -0.484 e. The van der Waals surface area contributed by atoms with E-state index in [4.69, 9.17) is 9.84 Å². The third-order valence-corrected chi connectivity index (χ3v) is 2.88. The zero-order valence-corrected chi connectivity index (χ0v) is 11.4. The van der Waals surface area contributed by atoms with E-state index in [1.807, 2.05) is 18.2 Å². The summed E-state index contributed by atoms with van der Waals surface area (Å²) in [7, 11) is 0. The zero-order valence-electron chi connectivity index (χ0n) is 11.4. The molecule has 0 radical (unpaired) electrons. The number of hydrogen-bond donors (Lipinski definition) is 2. The fourth-order valence-electron chi connectivity index (χ4n) is 1.78. The number of hydrogen-bond acceptors (Lipinski definition) is 3. The molecule has 5 heteroatoms. The van der Waals surface area contributed by atoms with E-state index in [0.29, 0.717) is 11.3 Å². The molecule has 0 aliphatic rings. The van der Waals surface area contributed by atoms with Crippen LogP contribution in [-0.2, 0) is 17.9 Å². The fraction of sp³-hybridized carbons (Fsp3) is 0.188. The number of nitrogens with one attached hydrogen (secondary N) is 1. The Labute approximate surface area is 122 Å². The average Bonchev–Trinajstić information content (AvgIpc) is 2.53. The van der Waals surface area contributed by atoms with Gasteiger partial charge in [0, 0.05) is 12.1 Å². The van der Waals surface area contributed by atoms with Gasteiger partial charge in [0.2, 0.25) is 0 Å². The summed E-state index contributed by atoms with van der Waals surface area (Å²) in [5.74, 6) is -0.106. The smallest absolute Gasteiger partial charge is 0.258 e. The Morgan fingerprint density at radius 1 is 1.19 bits per heavy atom. The van der Waals surface area contributed by atoms with Crippen molar-refractivity contribution in [2.24, 2.45) is 0 Å². The van der Waals surface area contributed by atoms with Crippen molar-refractivity contribution in [1.82, 2.24) is 5.32 Å². The Kier molecular flexibility index (Phi) is 5.29. The second-order valence-electron chi connectivity index (χ2n) is 4.46. The Morgan fingerprint density at radius 3 is 2.67 bits per heavy atom. The highest BCUT2D eigenvalue weighted by Gasteiger charge is 2.05. The molecule has 0 aliphatic carbocycles. The maximum absolute atomic E-state index is 13.2. The number of aliphatic hydroxyl groups excluding tert-OH is 1. The van der Waals surface area contributed by atoms with E-state index in [1.54, 1.807) is 18.2 Å². The second-order valence-corrected chi connectivity index (χ2v) is 4.46. The molecule has 0 saturated heterocycles. The summed E-state index contributed by atoms with van der Waals surface area (Å²) < 4.78 is 18.5. The van der Waals surface area contributed by atoms with Crippen molar-refractivity contribution < 1.29 is 19.0 Å². The van der Waals surface area contributed by atoms with Crippen molar-refractivity contribution >= 4 is 5.91 Å². The van der Waals surface area contributed by atoms with Crippen LogP contribution in [0.3, 0.4) is 0 Å². The maximum Gasteiger partial charge on any atom is 0.258 e. The predicted octanol–water partition coefficient (Wildman–Crippen LogP) is 2.01. The van der Waals surface area contributed by atoms with Gasteiger partial charge >= 0.3 is 0 Å². The average molecular weight is 289 g/mol. The van der Waals surface area contributed by atoms with Crippen molar-refractivity contribution in [3.05, 3.63) is 65.5 Å². The number of halogens is 1. The number of aliphatic hydroxyl groups is 1. The number of ether oxygens (including phenoxy) is 1. The van der Waals surface area contributed by atoms with Gasteiger partial charge in [-0.15, -0.1) is 0 Å². The van der Waals surface area contributed by atoms with Gasteiger partial charge in [0.1, 0.15) is 11.6 Å². The zero-order chi connectivity index (χ0) is 15.1. The molecular formula is C16H16FNO3. The number of carbonyl (C=O) groups excluding carboxylic acids is 1. The van der Waals surface area contributed by atoms with Crippen LogP contribution in [0.2, 0.25) is 0 Å². The molecule has 0 aliphatic heterocycles. The molecule has 0 unspecified atom stereocenters. The van der Waals surface area contributed by atoms with Gasteiger partial charge < -0.3 is 15.2 Å². The third kappa shape index (κ3) is 4.57. The molecule has 0 heterocycles. The van der Waals surface area contributed by atoms with E-state index < -0.39 is 5.82 Å². The van der Waals surface area contributed by atoms with E-state index >= 15 is 0 Å². The minimum absolute atomic E-state index is 0.0853. The normalized spacial score (nSPS) is 10.2. The van der Waals surface area contributed by atoms with Crippen LogP contribution < -0.4 is 10.1 Å². The summed E-state index contributed by atoms with van der Waals surface area (Å²) in [5.41, 5.74) is 0.927. The van der Waals surface area contributed by atoms with Gasteiger partial charge in [-0.2, -0.15) is 0 Å². The summed E-state index contributed by atoms with van der Waals surface area (Å²) in [6.45, 7) is -0.201. The molecule has 2 rings (SSSR count). The lowest BCUT2D eigenvalue weighted by molar-refractivity contribution is -0.123. The quantitative estimate of drug-likeness (QED) is 0.855. The summed E-state index contributed by atoms with van der Waals surface area (Å²) in [6.07, 6.45) is 0. The molecule has 0 spiro atoms. The van der Waals surface area contributed by atoms with Crippen molar-refractivity contribution in [3.8, 4) is 5.75 Å². The predicted molar refractivity (Wildman–Crippen MR) is 76.1 cm³/mol. The first-order chi connectivity index (χ1) is 10.2. The summed E-state index contributed by atoms with van der Waals surface area (Å²) in [4.78, 5) is 11.7. The molecule has 0 bridgehead atoms. The second kappa shape index (κ2) is 7.40. The number of carbonyl (C=O) groups is 1. The lowest BCUT2D eigenvalue weighted by Gasteiger charge is -2.08. The first-order valence-corrected chi connectivity index (χ1v) is 6.52. The van der Waals surface area contributed by atoms with Crippen LogP contribution in [0.25, 0.3) is 0 Å². The van der Waals surface area contributed by atoms with E-state index in [1.165, 1.54) is 12.1 Å². The lowest BCUT2D eigenvalue weighted by atomic mass is 10.1. The van der Waals surface area contributed by atoms with Crippen LogP contribution in [0.1, 0.15) is 11.1 Å². The molecule has 2 N–H and O–H groups in total. The SMILES string of the molecule is O=C(COc1ccccc1)NCc1ccc(F)c(CO)c1. The van der Waals surface area contributed by atoms with Gasteiger partial charge in [0.25, 0.3) is 5.91 Å². The molecule has 0 aromatic heterocycles. The number of rotatable bonds is 6. The fourth-order valence-corrected chi connectivity index (χ4v) is 1.78. The molecule has 0 saturated carbocycles. The first-order valence-electron chi connectivity index (χ1n) is 6.52. The van der Waals surface area contributed by atoms with Gasteiger partial charge in [0.05, 0.1) is 6.61 Å². The number of amides is 1. The van der Waals surface area contributed by atoms with Gasteiger partial charge in [0.15, 0.2) is 6.61 Å². The standard InChI is InChI=1S/C16H16FNO3/c17-15-7-6-12(8-13(15)10-19)9-18-16(20)11-21-14-4-2-1-3-5-14/h1-8,19H,9-11H2,(H,18,20). The minimum atomic E-state index is -0.458. The van der Waals surface area contributed by atoms with Crippen LogP contribution in [-0.4, -0.2) is 17.6 Å². The summed E-state index contributed by atoms with van der Waals surface area (Å²) in [5, 5.41) is 11.7. The lowest BCUT2D eigenvalue weighted by Crippen LogP contribution is -2.28. The first kappa shape index (κ1) is 15.0. The maximum atomic E-state index is 13.2. The van der Waals surface area contributed by atoms with Crippen LogP contribution in [0, 0.1) is 5.82 Å². The molecule has 110 valence electrons. The number of benzene rings is 2. The monoisotopic (exact) mass is 289 g/mol. The molecular weight excluding hydrogens is 273 g/mol. The van der Waals surface area contributed by atoms with Crippen LogP contribution in [0.5, 0.6) is 5.75 Å². The highest BCUT2D eigenvalue weighted by molar-refractivity contribution is 5.77. The van der Waals surface area contributed by atoms with E-state index in [2.05, 4.69) is 5.32 Å². The van der Waals surface area contributed by atoms with Gasteiger partial charge in [-0.05, 0) is 29.8 Å². The Balaban J connectivity index is 1.81. The summed E-state index contributed by atoms with van der Waals surface area (Å²) in [6, 6.07) is 13.4. The van der Waals surface area contributed by atoms with Crippen molar-refractivity contribution in [2.75, 3.05) is 6.61 Å². The van der Waals surface area contributed by atoms with Gasteiger partial charge in [-0.3, -0.25) is 4.79 Å². The van der Waals surface area contributed by atoms with E-state index in [0.717, 1.165) is 0 Å². The van der Waals surface area contributed by atoms with Gasteiger partial charge in [-0.25, -0.2) is 4.39 Å². The van der Waals surface area contributed by atoms with Crippen molar-refractivity contribution in [1.29, 1.82) is 0 Å². The highest BCUT2D eigenvalue weighted by atomic mass is 19.1. The van der Waals surface area contributed by atoms with Crippen LogP contribution in [0.4, 0.5) is 4.39 Å². The highest BCUT2D eigenvalue weighted by Crippen LogP contribution is 2.11. The van der Waals surface area contributed by atoms with Crippen LogP contribution in [0.15, 0.2) is 48.5 Å². The van der Waals surface area contributed by atoms with E-state index in [9.17, 15) is 9.18 Å². The molecule has 0 fully saturated rings. The molecule has 4 nitrogen and oxygen atoms in total. The Morgan fingerprint density at radius 2 is 1.95 bits per heavy atom. The van der Waals surface area contributed by atoms with Crippen molar-refractivity contribution in [2.45, 2.75) is 13.2 Å². The molecule has 2 aromatic carbocycles. The molecule has 2 aromatic rings. The topological polar surface area (TPSA) is 58.6 Å². The Bertz CT molecular complexity index is 602. The third-order valence-electron chi connectivity index (χ3n) is 2.88. The molecule has 0 atom stereocenters. The Hall–Kier alpha value is -2.40. The number of para-hydroxylation sites is 1.